The molecule has 140 valence electrons. The Morgan fingerprint density at radius 2 is 2.08 bits per heavy atom. The van der Waals surface area contributed by atoms with Crippen LogP contribution in [0.4, 0.5) is 0 Å². The normalized spacial score (nSPS) is 21.5. The van der Waals surface area contributed by atoms with Crippen LogP contribution in [0.1, 0.15) is 68.0 Å². The Morgan fingerprint density at radius 1 is 1.23 bits per heavy atom. The van der Waals surface area contributed by atoms with Crippen LogP contribution >= 0.6 is 0 Å². The van der Waals surface area contributed by atoms with Crippen molar-refractivity contribution in [2.45, 2.75) is 57.0 Å². The molecule has 4 rings (SSSR count). The van der Waals surface area contributed by atoms with Gasteiger partial charge in [0.25, 0.3) is 0 Å². The molecule has 2 aromatic heterocycles. The molecule has 1 unspecified atom stereocenters. The summed E-state index contributed by atoms with van der Waals surface area (Å²) in [4.78, 5) is 16.5. The van der Waals surface area contributed by atoms with Crippen LogP contribution in [-0.2, 0) is 11.3 Å². The third-order valence-corrected chi connectivity index (χ3v) is 5.55. The Morgan fingerprint density at radius 3 is 2.81 bits per heavy atom. The molecule has 7 heteroatoms. The summed E-state index contributed by atoms with van der Waals surface area (Å²) in [5.41, 5.74) is 0. The first-order valence-corrected chi connectivity index (χ1v) is 9.54. The maximum atomic E-state index is 12.7. The predicted octanol–water partition coefficient (Wildman–Crippen LogP) is 3.12. The van der Waals surface area contributed by atoms with Crippen LogP contribution in [0, 0.1) is 0 Å². The SMILES string of the molecule is CN(Cc1ccco1)C(=O)CN1CCCCC1c1nnc(C2CCC2)o1. The fourth-order valence-corrected chi connectivity index (χ4v) is 3.68. The van der Waals surface area contributed by atoms with Crippen LogP contribution in [0.2, 0.25) is 0 Å². The number of likely N-dealkylation sites (tertiary alicyclic amines) is 1. The van der Waals surface area contributed by atoms with Crippen molar-refractivity contribution in [2.24, 2.45) is 0 Å². The van der Waals surface area contributed by atoms with Gasteiger partial charge in [0.1, 0.15) is 5.76 Å². The van der Waals surface area contributed by atoms with E-state index in [-0.39, 0.29) is 11.9 Å². The first-order valence-electron chi connectivity index (χ1n) is 9.54. The molecule has 3 heterocycles. The van der Waals surface area contributed by atoms with E-state index in [0.717, 1.165) is 50.3 Å². The van der Waals surface area contributed by atoms with E-state index in [2.05, 4.69) is 15.1 Å². The molecule has 1 aliphatic heterocycles. The molecule has 1 saturated heterocycles. The average Bonchev–Trinajstić information content (AvgIpc) is 3.26. The van der Waals surface area contributed by atoms with E-state index in [0.29, 0.717) is 24.9 Å². The molecule has 0 aromatic carbocycles. The lowest BCUT2D eigenvalue weighted by molar-refractivity contribution is -0.133. The summed E-state index contributed by atoms with van der Waals surface area (Å²) in [6, 6.07) is 3.77. The van der Waals surface area contributed by atoms with Crippen LogP contribution < -0.4 is 0 Å². The average molecular weight is 358 g/mol. The molecule has 2 aromatic rings. The van der Waals surface area contributed by atoms with Crippen LogP contribution in [0.5, 0.6) is 0 Å². The Balaban J connectivity index is 1.40. The Kier molecular flexibility index (Phi) is 5.06. The first kappa shape index (κ1) is 17.3. The molecule has 1 aliphatic carbocycles. The van der Waals surface area contributed by atoms with Crippen LogP contribution in [0.25, 0.3) is 0 Å². The third kappa shape index (κ3) is 3.67. The van der Waals surface area contributed by atoms with Crippen LogP contribution in [0.15, 0.2) is 27.2 Å². The summed E-state index contributed by atoms with van der Waals surface area (Å²) in [5.74, 6) is 2.76. The molecule has 1 amide bonds. The fraction of sp³-hybridized carbons (Fsp3) is 0.632. The zero-order valence-electron chi connectivity index (χ0n) is 15.3. The minimum absolute atomic E-state index is 0.0473. The number of amides is 1. The molecule has 26 heavy (non-hydrogen) atoms. The van der Waals surface area contributed by atoms with Crippen molar-refractivity contribution in [2.75, 3.05) is 20.1 Å². The molecule has 0 radical (unpaired) electrons. The minimum atomic E-state index is 0.0473. The molecular weight excluding hydrogens is 332 g/mol. The smallest absolute Gasteiger partial charge is 0.236 e. The fourth-order valence-electron chi connectivity index (χ4n) is 3.68. The maximum Gasteiger partial charge on any atom is 0.236 e. The molecule has 0 bridgehead atoms. The van der Waals surface area contributed by atoms with E-state index in [1.807, 2.05) is 19.2 Å². The van der Waals surface area contributed by atoms with Crippen molar-refractivity contribution in [1.29, 1.82) is 0 Å². The number of hydrogen-bond acceptors (Lipinski definition) is 6. The van der Waals surface area contributed by atoms with Gasteiger partial charge >= 0.3 is 0 Å². The largest absolute Gasteiger partial charge is 0.467 e. The van der Waals surface area contributed by atoms with Gasteiger partial charge in [0.2, 0.25) is 17.7 Å². The summed E-state index contributed by atoms with van der Waals surface area (Å²) in [7, 11) is 1.81. The Hall–Kier alpha value is -2.15. The number of hydrogen-bond donors (Lipinski definition) is 0. The molecule has 1 atom stereocenters. The second-order valence-electron chi connectivity index (χ2n) is 7.42. The second-order valence-corrected chi connectivity index (χ2v) is 7.42. The van der Waals surface area contributed by atoms with E-state index in [1.54, 1.807) is 11.2 Å². The van der Waals surface area contributed by atoms with Crippen LogP contribution in [-0.4, -0.2) is 46.0 Å². The van der Waals surface area contributed by atoms with Gasteiger partial charge in [-0.25, -0.2) is 0 Å². The number of carbonyl (C=O) groups is 1. The summed E-state index contributed by atoms with van der Waals surface area (Å²) in [5, 5.41) is 8.57. The number of furan rings is 1. The van der Waals surface area contributed by atoms with Crippen molar-refractivity contribution in [1.82, 2.24) is 20.0 Å². The van der Waals surface area contributed by atoms with Crippen LogP contribution in [0.3, 0.4) is 0 Å². The van der Waals surface area contributed by atoms with Gasteiger partial charge in [0.15, 0.2) is 0 Å². The monoisotopic (exact) mass is 358 g/mol. The van der Waals surface area contributed by atoms with Crippen molar-refractivity contribution in [3.63, 3.8) is 0 Å². The zero-order chi connectivity index (χ0) is 17.9. The lowest BCUT2D eigenvalue weighted by Crippen LogP contribution is -2.42. The number of rotatable bonds is 6. The third-order valence-electron chi connectivity index (χ3n) is 5.55. The number of likely N-dealkylation sites (N-methyl/N-ethyl adjacent to an activating group) is 1. The molecule has 2 fully saturated rings. The highest BCUT2D eigenvalue weighted by Gasteiger charge is 2.32. The van der Waals surface area contributed by atoms with Gasteiger partial charge in [-0.15, -0.1) is 10.2 Å². The van der Waals surface area contributed by atoms with Crippen molar-refractivity contribution >= 4 is 5.91 Å². The zero-order valence-corrected chi connectivity index (χ0v) is 15.3. The lowest BCUT2D eigenvalue weighted by Gasteiger charge is -2.33. The number of nitrogens with zero attached hydrogens (tertiary/aromatic N) is 4. The van der Waals surface area contributed by atoms with E-state index in [4.69, 9.17) is 8.83 Å². The highest BCUT2D eigenvalue weighted by atomic mass is 16.4. The number of aromatic nitrogens is 2. The van der Waals surface area contributed by atoms with Crippen molar-refractivity contribution in [3.05, 3.63) is 35.9 Å². The summed E-state index contributed by atoms with van der Waals surface area (Å²) >= 11 is 0. The van der Waals surface area contributed by atoms with Gasteiger partial charge < -0.3 is 13.7 Å². The Labute approximate surface area is 153 Å². The molecule has 1 saturated carbocycles. The van der Waals surface area contributed by atoms with E-state index in [1.165, 1.54) is 6.42 Å². The maximum absolute atomic E-state index is 12.7. The van der Waals surface area contributed by atoms with Gasteiger partial charge in [-0.3, -0.25) is 9.69 Å². The van der Waals surface area contributed by atoms with Gasteiger partial charge in [-0.2, -0.15) is 0 Å². The standard InChI is InChI=1S/C19H26N4O3/c1-22(12-15-8-5-11-25-15)17(24)13-23-10-3-2-9-16(23)19-21-20-18(26-19)14-6-4-7-14/h5,8,11,14,16H,2-4,6-7,9-10,12-13H2,1H3. The Bertz CT molecular complexity index is 723. The second kappa shape index (κ2) is 7.61. The number of carbonyl (C=O) groups excluding carboxylic acids is 1. The summed E-state index contributed by atoms with van der Waals surface area (Å²) in [6.07, 6.45) is 8.34. The van der Waals surface area contributed by atoms with Crippen molar-refractivity contribution in [3.8, 4) is 0 Å². The molecule has 2 aliphatic rings. The summed E-state index contributed by atoms with van der Waals surface area (Å²) < 4.78 is 11.3. The van der Waals surface area contributed by atoms with Crippen molar-refractivity contribution < 1.29 is 13.6 Å². The van der Waals surface area contributed by atoms with Gasteiger partial charge in [0.05, 0.1) is 25.4 Å². The predicted molar refractivity (Wildman–Crippen MR) is 94.2 cm³/mol. The van der Waals surface area contributed by atoms with E-state index >= 15 is 0 Å². The molecule has 0 N–H and O–H groups in total. The summed E-state index contributed by atoms with van der Waals surface area (Å²) in [6.45, 7) is 1.73. The molecule has 7 nitrogen and oxygen atoms in total. The quantitative estimate of drug-likeness (QED) is 0.790. The van der Waals surface area contributed by atoms with E-state index < -0.39 is 0 Å². The van der Waals surface area contributed by atoms with Gasteiger partial charge in [-0.1, -0.05) is 12.8 Å². The highest BCUT2D eigenvalue weighted by Crippen LogP contribution is 2.37. The molecule has 0 spiro atoms. The highest BCUT2D eigenvalue weighted by molar-refractivity contribution is 5.78. The van der Waals surface area contributed by atoms with Gasteiger partial charge in [-0.05, 0) is 44.4 Å². The minimum Gasteiger partial charge on any atom is -0.467 e. The van der Waals surface area contributed by atoms with Gasteiger partial charge in [0, 0.05) is 13.0 Å². The molecular formula is C19H26N4O3. The number of piperidine rings is 1. The lowest BCUT2D eigenvalue weighted by atomic mass is 9.85. The topological polar surface area (TPSA) is 75.6 Å². The first-order chi connectivity index (χ1) is 12.7. The van der Waals surface area contributed by atoms with E-state index in [9.17, 15) is 4.79 Å².